The summed E-state index contributed by atoms with van der Waals surface area (Å²) in [6, 6.07) is 2.02. The van der Waals surface area contributed by atoms with Gasteiger partial charge in [0.25, 0.3) is 0 Å². The first-order valence-electron chi connectivity index (χ1n) is 5.39. The lowest BCUT2D eigenvalue weighted by Gasteiger charge is -2.31. The fraction of sp³-hybridized carbons (Fsp3) is 0.800. The Morgan fingerprint density at radius 1 is 1.73 bits per heavy atom. The van der Waals surface area contributed by atoms with Gasteiger partial charge in [0.15, 0.2) is 0 Å². The minimum Gasteiger partial charge on any atom is -0.355 e. The zero-order chi connectivity index (χ0) is 11.1. The zero-order valence-corrected chi connectivity index (χ0v) is 9.12. The van der Waals surface area contributed by atoms with Gasteiger partial charge in [-0.15, -0.1) is 0 Å². The smallest absolute Gasteiger partial charge is 0.234 e. The lowest BCUT2D eigenvalue weighted by atomic mass is 10.2. The molecule has 0 bridgehead atoms. The predicted octanol–water partition coefficient (Wildman–Crippen LogP) is -0.690. The van der Waals surface area contributed by atoms with E-state index >= 15 is 0 Å². The Balaban J connectivity index is 2.35. The van der Waals surface area contributed by atoms with Crippen molar-refractivity contribution in [1.82, 2.24) is 15.5 Å². The maximum Gasteiger partial charge on any atom is 0.234 e. The molecule has 1 saturated heterocycles. The van der Waals surface area contributed by atoms with Gasteiger partial charge >= 0.3 is 0 Å². The van der Waals surface area contributed by atoms with Crippen LogP contribution >= 0.6 is 0 Å². The van der Waals surface area contributed by atoms with Gasteiger partial charge in [-0.05, 0) is 6.42 Å². The Morgan fingerprint density at radius 3 is 3.20 bits per heavy atom. The molecule has 84 valence electrons. The molecule has 0 aromatic rings. The minimum atomic E-state index is -0.175. The Morgan fingerprint density at radius 2 is 2.53 bits per heavy atom. The lowest BCUT2D eigenvalue weighted by molar-refractivity contribution is -0.122. The first-order valence-corrected chi connectivity index (χ1v) is 5.39. The molecule has 0 radical (unpaired) electrons. The highest BCUT2D eigenvalue weighted by Gasteiger charge is 2.23. The minimum absolute atomic E-state index is 0.0130. The third-order valence-electron chi connectivity index (χ3n) is 2.42. The largest absolute Gasteiger partial charge is 0.355 e. The van der Waals surface area contributed by atoms with E-state index in [1.54, 1.807) is 0 Å². The quantitative estimate of drug-likeness (QED) is 0.644. The highest BCUT2D eigenvalue weighted by molar-refractivity contribution is 5.78. The second-order valence-electron chi connectivity index (χ2n) is 3.67. The van der Waals surface area contributed by atoms with E-state index in [-0.39, 0.29) is 11.9 Å². The standard InChI is InChI=1S/C10H18N4O/c1-2-3-13-10(15)8-14-5-4-12-7-9(14)6-11/h9,12H,2-5,7-8H2,1H3,(H,13,15). The first kappa shape index (κ1) is 12.0. The fourth-order valence-corrected chi connectivity index (χ4v) is 1.57. The Bertz CT molecular complexity index is 248. The van der Waals surface area contributed by atoms with Crippen molar-refractivity contribution in [2.75, 3.05) is 32.7 Å². The van der Waals surface area contributed by atoms with Crippen molar-refractivity contribution in [3.8, 4) is 6.07 Å². The molecule has 0 saturated carbocycles. The van der Waals surface area contributed by atoms with E-state index in [0.717, 1.165) is 19.5 Å². The third kappa shape index (κ3) is 3.86. The van der Waals surface area contributed by atoms with Crippen molar-refractivity contribution in [2.45, 2.75) is 19.4 Å². The van der Waals surface area contributed by atoms with Gasteiger partial charge in [0.1, 0.15) is 6.04 Å². The van der Waals surface area contributed by atoms with E-state index in [9.17, 15) is 4.79 Å². The highest BCUT2D eigenvalue weighted by Crippen LogP contribution is 2.01. The molecule has 1 atom stereocenters. The van der Waals surface area contributed by atoms with E-state index in [2.05, 4.69) is 16.7 Å². The SMILES string of the molecule is CCCNC(=O)CN1CCNCC1C#N. The zero-order valence-electron chi connectivity index (χ0n) is 9.12. The number of hydrogen-bond donors (Lipinski definition) is 2. The van der Waals surface area contributed by atoms with Gasteiger partial charge in [-0.2, -0.15) is 5.26 Å². The van der Waals surface area contributed by atoms with Crippen molar-refractivity contribution in [3.05, 3.63) is 0 Å². The summed E-state index contributed by atoms with van der Waals surface area (Å²) in [5.41, 5.74) is 0. The Labute approximate surface area is 90.4 Å². The van der Waals surface area contributed by atoms with Crippen LogP contribution in [0.1, 0.15) is 13.3 Å². The van der Waals surface area contributed by atoms with Gasteiger partial charge in [-0.25, -0.2) is 0 Å². The molecule has 1 aliphatic heterocycles. The third-order valence-corrected chi connectivity index (χ3v) is 2.42. The molecule has 0 aliphatic carbocycles. The summed E-state index contributed by atoms with van der Waals surface area (Å²) in [5.74, 6) is 0.0130. The van der Waals surface area contributed by atoms with Gasteiger partial charge in [-0.1, -0.05) is 6.92 Å². The van der Waals surface area contributed by atoms with Gasteiger partial charge < -0.3 is 10.6 Å². The van der Waals surface area contributed by atoms with Crippen molar-refractivity contribution in [3.63, 3.8) is 0 Å². The molecule has 1 unspecified atom stereocenters. The second-order valence-corrected chi connectivity index (χ2v) is 3.67. The van der Waals surface area contributed by atoms with Crippen molar-refractivity contribution < 1.29 is 4.79 Å². The summed E-state index contributed by atoms with van der Waals surface area (Å²) in [6.07, 6.45) is 0.939. The van der Waals surface area contributed by atoms with Crippen LogP contribution in [0.2, 0.25) is 0 Å². The molecule has 0 spiro atoms. The van der Waals surface area contributed by atoms with Gasteiger partial charge in [0, 0.05) is 26.2 Å². The molecule has 1 rings (SSSR count). The van der Waals surface area contributed by atoms with Gasteiger partial charge in [0.2, 0.25) is 5.91 Å². The van der Waals surface area contributed by atoms with E-state index in [1.165, 1.54) is 0 Å². The van der Waals surface area contributed by atoms with Crippen molar-refractivity contribution in [1.29, 1.82) is 5.26 Å². The predicted molar refractivity (Wildman–Crippen MR) is 57.1 cm³/mol. The maximum atomic E-state index is 11.4. The Kier molecular flexibility index (Phi) is 5.08. The second kappa shape index (κ2) is 6.38. The van der Waals surface area contributed by atoms with Gasteiger partial charge in [0.05, 0.1) is 12.6 Å². The maximum absolute atomic E-state index is 11.4. The number of carbonyl (C=O) groups is 1. The highest BCUT2D eigenvalue weighted by atomic mass is 16.2. The van der Waals surface area contributed by atoms with Crippen LogP contribution in [0, 0.1) is 11.3 Å². The van der Waals surface area contributed by atoms with Crippen LogP contribution in [-0.2, 0) is 4.79 Å². The average molecular weight is 210 g/mol. The van der Waals surface area contributed by atoms with E-state index < -0.39 is 0 Å². The number of nitrogens with zero attached hydrogens (tertiary/aromatic N) is 2. The van der Waals surface area contributed by atoms with Crippen LogP contribution in [0.4, 0.5) is 0 Å². The lowest BCUT2D eigenvalue weighted by Crippen LogP contribution is -2.53. The molecule has 1 amide bonds. The monoisotopic (exact) mass is 210 g/mol. The van der Waals surface area contributed by atoms with Crippen LogP contribution in [0.15, 0.2) is 0 Å². The number of carbonyl (C=O) groups excluding carboxylic acids is 1. The summed E-state index contributed by atoms with van der Waals surface area (Å²) < 4.78 is 0. The molecular formula is C10H18N4O. The number of nitrogens with one attached hydrogen (secondary N) is 2. The molecule has 0 aromatic heterocycles. The van der Waals surface area contributed by atoms with E-state index in [4.69, 9.17) is 5.26 Å². The van der Waals surface area contributed by atoms with Crippen LogP contribution in [-0.4, -0.2) is 49.6 Å². The van der Waals surface area contributed by atoms with Gasteiger partial charge in [-0.3, -0.25) is 9.69 Å². The molecule has 1 fully saturated rings. The molecule has 1 heterocycles. The molecule has 5 nitrogen and oxygen atoms in total. The number of rotatable bonds is 4. The molecule has 2 N–H and O–H groups in total. The van der Waals surface area contributed by atoms with Crippen LogP contribution < -0.4 is 10.6 Å². The van der Waals surface area contributed by atoms with Crippen molar-refractivity contribution in [2.24, 2.45) is 0 Å². The number of piperazine rings is 1. The molecular weight excluding hydrogens is 192 g/mol. The summed E-state index contributed by atoms with van der Waals surface area (Å²) in [6.45, 7) is 5.32. The fourth-order valence-electron chi connectivity index (χ4n) is 1.57. The van der Waals surface area contributed by atoms with Crippen LogP contribution in [0.5, 0.6) is 0 Å². The van der Waals surface area contributed by atoms with Crippen molar-refractivity contribution >= 4 is 5.91 Å². The number of nitriles is 1. The topological polar surface area (TPSA) is 68.2 Å². The summed E-state index contributed by atoms with van der Waals surface area (Å²) in [7, 11) is 0. The van der Waals surface area contributed by atoms with Crippen LogP contribution in [0.25, 0.3) is 0 Å². The molecule has 0 aromatic carbocycles. The number of amides is 1. The summed E-state index contributed by atoms with van der Waals surface area (Å²) >= 11 is 0. The molecule has 15 heavy (non-hydrogen) atoms. The summed E-state index contributed by atoms with van der Waals surface area (Å²) in [5, 5.41) is 14.8. The van der Waals surface area contributed by atoms with Crippen LogP contribution in [0.3, 0.4) is 0 Å². The molecule has 1 aliphatic rings. The average Bonchev–Trinajstić information content (AvgIpc) is 2.27. The summed E-state index contributed by atoms with van der Waals surface area (Å²) in [4.78, 5) is 13.4. The number of hydrogen-bond acceptors (Lipinski definition) is 4. The Hall–Kier alpha value is -1.12. The van der Waals surface area contributed by atoms with E-state index in [0.29, 0.717) is 19.6 Å². The first-order chi connectivity index (χ1) is 7.27. The molecule has 5 heteroatoms. The normalized spacial score (nSPS) is 22.0. The van der Waals surface area contributed by atoms with E-state index in [1.807, 2.05) is 11.8 Å².